The Bertz CT molecular complexity index is 710. The molecule has 2 heteroatoms. The number of rotatable bonds is 0. The van der Waals surface area contributed by atoms with E-state index in [1.54, 1.807) is 0 Å². The second kappa shape index (κ2) is 3.20. The first-order valence-electron chi connectivity index (χ1n) is 5.96. The number of aromatic amines is 1. The minimum atomic E-state index is 1.10. The lowest BCUT2D eigenvalue weighted by atomic mass is 9.90. The van der Waals surface area contributed by atoms with E-state index in [1.165, 1.54) is 33.3 Å². The molecule has 4 rings (SSSR count). The molecule has 2 aromatic heterocycles. The van der Waals surface area contributed by atoms with Crippen molar-refractivity contribution < 1.29 is 0 Å². The van der Waals surface area contributed by atoms with Crippen molar-refractivity contribution >= 4 is 10.9 Å². The fourth-order valence-electron chi connectivity index (χ4n) is 2.82. The van der Waals surface area contributed by atoms with Crippen molar-refractivity contribution in [2.24, 2.45) is 0 Å². The number of fused-ring (bicyclic) bond motifs is 5. The predicted molar refractivity (Wildman–Crippen MR) is 68.9 cm³/mol. The van der Waals surface area contributed by atoms with E-state index < -0.39 is 0 Å². The van der Waals surface area contributed by atoms with Crippen LogP contribution >= 0.6 is 0 Å². The summed E-state index contributed by atoms with van der Waals surface area (Å²) in [5, 5.41) is 1.32. The van der Waals surface area contributed by atoms with Crippen LogP contribution in [0.4, 0.5) is 0 Å². The third kappa shape index (κ3) is 1.18. The van der Waals surface area contributed by atoms with Gasteiger partial charge in [-0.15, -0.1) is 0 Å². The van der Waals surface area contributed by atoms with Gasteiger partial charge >= 0.3 is 0 Å². The van der Waals surface area contributed by atoms with Crippen molar-refractivity contribution in [2.75, 3.05) is 0 Å². The molecule has 0 bridgehead atoms. The molecule has 17 heavy (non-hydrogen) atoms. The Morgan fingerprint density at radius 3 is 3.00 bits per heavy atom. The van der Waals surface area contributed by atoms with Gasteiger partial charge in [0.05, 0.1) is 0 Å². The van der Waals surface area contributed by atoms with Gasteiger partial charge in [0.2, 0.25) is 0 Å². The van der Waals surface area contributed by atoms with Crippen LogP contribution in [0.3, 0.4) is 0 Å². The molecule has 0 aliphatic heterocycles. The topological polar surface area (TPSA) is 28.7 Å². The number of pyridine rings is 1. The molecule has 0 fully saturated rings. The fourth-order valence-corrected chi connectivity index (χ4v) is 2.82. The van der Waals surface area contributed by atoms with Crippen LogP contribution in [0.2, 0.25) is 0 Å². The summed E-state index contributed by atoms with van der Waals surface area (Å²) in [5.74, 6) is 0. The number of benzene rings is 1. The van der Waals surface area contributed by atoms with E-state index in [4.69, 9.17) is 0 Å². The lowest BCUT2D eigenvalue weighted by Crippen LogP contribution is -2.03. The number of para-hydroxylation sites is 1. The molecule has 0 saturated heterocycles. The van der Waals surface area contributed by atoms with E-state index in [9.17, 15) is 0 Å². The molecule has 1 aromatic carbocycles. The summed E-state index contributed by atoms with van der Waals surface area (Å²) >= 11 is 0. The van der Waals surface area contributed by atoms with Crippen molar-refractivity contribution in [1.29, 1.82) is 0 Å². The molecule has 3 aromatic rings. The van der Waals surface area contributed by atoms with Gasteiger partial charge < -0.3 is 4.98 Å². The molecule has 82 valence electrons. The third-order valence-corrected chi connectivity index (χ3v) is 3.61. The van der Waals surface area contributed by atoms with Gasteiger partial charge in [0.15, 0.2) is 0 Å². The number of H-pyrrole nitrogens is 1. The van der Waals surface area contributed by atoms with Crippen LogP contribution in [0.5, 0.6) is 0 Å². The van der Waals surface area contributed by atoms with E-state index >= 15 is 0 Å². The molecular formula is C15H12N2. The predicted octanol–water partition coefficient (Wildman–Crippen LogP) is 3.33. The lowest BCUT2D eigenvalue weighted by molar-refractivity contribution is 0.909. The quantitative estimate of drug-likeness (QED) is 0.618. The Kier molecular flexibility index (Phi) is 1.69. The second-order valence-electron chi connectivity index (χ2n) is 4.56. The summed E-state index contributed by atoms with van der Waals surface area (Å²) < 4.78 is 0. The zero-order chi connectivity index (χ0) is 11.2. The van der Waals surface area contributed by atoms with Gasteiger partial charge in [-0.25, -0.2) is 0 Å². The van der Waals surface area contributed by atoms with Gasteiger partial charge in [-0.05, 0) is 30.5 Å². The van der Waals surface area contributed by atoms with Gasteiger partial charge in [0.1, 0.15) is 0 Å². The zero-order valence-corrected chi connectivity index (χ0v) is 9.40. The highest BCUT2D eigenvalue weighted by molar-refractivity contribution is 5.98. The summed E-state index contributed by atoms with van der Waals surface area (Å²) in [6.45, 7) is 0. The summed E-state index contributed by atoms with van der Waals surface area (Å²) in [6.07, 6.45) is 6.09. The molecule has 0 amide bonds. The Hall–Kier alpha value is -2.09. The monoisotopic (exact) mass is 220 g/mol. The molecule has 0 saturated carbocycles. The lowest BCUT2D eigenvalue weighted by Gasteiger charge is -2.15. The molecule has 0 unspecified atom stereocenters. The highest BCUT2D eigenvalue weighted by Gasteiger charge is 2.20. The Labute approximate surface area is 99.3 Å². The van der Waals surface area contributed by atoms with Crippen molar-refractivity contribution in [2.45, 2.75) is 12.8 Å². The zero-order valence-electron chi connectivity index (χ0n) is 9.40. The number of nitrogens with zero attached hydrogens (tertiary/aromatic N) is 1. The molecule has 2 heterocycles. The number of hydrogen-bond donors (Lipinski definition) is 1. The van der Waals surface area contributed by atoms with E-state index in [2.05, 4.69) is 40.3 Å². The standard InChI is InChI=1S/C15H12N2/c1-2-4-13-11(3-1)15-12-9-16-8-7-10(12)5-6-14(15)17-13/h1-4,7-9,17H,5-6H2. The Balaban J connectivity index is 2.14. The SMILES string of the molecule is c1ccc2c3c([nH]c2c1)CCc1ccncc1-3. The summed E-state index contributed by atoms with van der Waals surface area (Å²) in [5.41, 5.74) is 6.65. The average molecular weight is 220 g/mol. The first-order chi connectivity index (χ1) is 8.43. The summed E-state index contributed by atoms with van der Waals surface area (Å²) in [4.78, 5) is 7.80. The minimum Gasteiger partial charge on any atom is -0.358 e. The molecular weight excluding hydrogens is 208 g/mol. The minimum absolute atomic E-state index is 1.10. The number of hydrogen-bond acceptors (Lipinski definition) is 1. The molecule has 1 aliphatic carbocycles. The van der Waals surface area contributed by atoms with Gasteiger partial charge in [0, 0.05) is 40.1 Å². The number of nitrogens with one attached hydrogen (secondary N) is 1. The highest BCUT2D eigenvalue weighted by Crippen LogP contribution is 2.38. The highest BCUT2D eigenvalue weighted by atomic mass is 14.7. The van der Waals surface area contributed by atoms with Crippen LogP contribution in [0, 0.1) is 0 Å². The maximum Gasteiger partial charge on any atom is 0.0462 e. The van der Waals surface area contributed by atoms with Crippen molar-refractivity contribution in [3.63, 3.8) is 0 Å². The smallest absolute Gasteiger partial charge is 0.0462 e. The van der Waals surface area contributed by atoms with Crippen LogP contribution in [0.1, 0.15) is 11.3 Å². The van der Waals surface area contributed by atoms with Gasteiger partial charge in [-0.2, -0.15) is 0 Å². The molecule has 1 N–H and O–H groups in total. The van der Waals surface area contributed by atoms with Crippen molar-refractivity contribution in [3.8, 4) is 11.1 Å². The number of aromatic nitrogens is 2. The molecule has 0 radical (unpaired) electrons. The Morgan fingerprint density at radius 1 is 1.06 bits per heavy atom. The Morgan fingerprint density at radius 2 is 2.00 bits per heavy atom. The van der Waals surface area contributed by atoms with Crippen LogP contribution in [0.15, 0.2) is 42.7 Å². The van der Waals surface area contributed by atoms with Crippen molar-refractivity contribution in [1.82, 2.24) is 9.97 Å². The van der Waals surface area contributed by atoms with Crippen LogP contribution in [-0.2, 0) is 12.8 Å². The van der Waals surface area contributed by atoms with Gasteiger partial charge in [0.25, 0.3) is 0 Å². The van der Waals surface area contributed by atoms with Gasteiger partial charge in [-0.3, -0.25) is 4.98 Å². The largest absolute Gasteiger partial charge is 0.358 e. The molecule has 0 atom stereocenters. The molecule has 2 nitrogen and oxygen atoms in total. The third-order valence-electron chi connectivity index (χ3n) is 3.61. The van der Waals surface area contributed by atoms with E-state index in [-0.39, 0.29) is 0 Å². The summed E-state index contributed by atoms with van der Waals surface area (Å²) in [7, 11) is 0. The first-order valence-corrected chi connectivity index (χ1v) is 5.96. The number of aryl methyl sites for hydroxylation is 2. The van der Waals surface area contributed by atoms with E-state index in [1.807, 2.05) is 12.4 Å². The first kappa shape index (κ1) is 8.99. The van der Waals surface area contributed by atoms with Crippen molar-refractivity contribution in [3.05, 3.63) is 54.0 Å². The second-order valence-corrected chi connectivity index (χ2v) is 4.56. The van der Waals surface area contributed by atoms with Crippen LogP contribution in [-0.4, -0.2) is 9.97 Å². The normalized spacial score (nSPS) is 13.4. The maximum atomic E-state index is 4.27. The van der Waals surface area contributed by atoms with E-state index in [0.717, 1.165) is 12.8 Å². The van der Waals surface area contributed by atoms with Crippen LogP contribution in [0.25, 0.3) is 22.0 Å². The maximum absolute atomic E-state index is 4.27. The fraction of sp³-hybridized carbons (Fsp3) is 0.133. The molecule has 0 spiro atoms. The summed E-state index contributed by atoms with van der Waals surface area (Å²) in [6, 6.07) is 10.6. The van der Waals surface area contributed by atoms with Gasteiger partial charge in [-0.1, -0.05) is 18.2 Å². The van der Waals surface area contributed by atoms with E-state index in [0.29, 0.717) is 0 Å². The average Bonchev–Trinajstić information content (AvgIpc) is 2.77. The molecule has 1 aliphatic rings. The van der Waals surface area contributed by atoms with Crippen LogP contribution < -0.4 is 0 Å².